The van der Waals surface area contributed by atoms with Crippen molar-refractivity contribution < 1.29 is 13.2 Å². The maximum Gasteiger partial charge on any atom is 0.433 e. The fraction of sp³-hybridized carbons (Fsp3) is 0.615. The molecule has 0 amide bonds. The molecule has 5 heteroatoms. The SMILES string of the molecule is CCCS(C)(C)C(C)c1ccc(C(F)(F)F)nc1. The van der Waals surface area contributed by atoms with Gasteiger partial charge in [0.1, 0.15) is 5.69 Å². The van der Waals surface area contributed by atoms with E-state index in [1.54, 1.807) is 6.07 Å². The Labute approximate surface area is 108 Å². The average Bonchev–Trinajstić information content (AvgIpc) is 2.27. The highest BCUT2D eigenvalue weighted by molar-refractivity contribution is 8.32. The molecule has 1 unspecified atom stereocenters. The van der Waals surface area contributed by atoms with E-state index in [-0.39, 0.29) is 5.25 Å². The van der Waals surface area contributed by atoms with Crippen LogP contribution in [0.4, 0.5) is 13.2 Å². The lowest BCUT2D eigenvalue weighted by Crippen LogP contribution is -2.12. The van der Waals surface area contributed by atoms with E-state index in [1.165, 1.54) is 6.20 Å². The van der Waals surface area contributed by atoms with Crippen molar-refractivity contribution in [3.05, 3.63) is 29.6 Å². The van der Waals surface area contributed by atoms with Crippen molar-refractivity contribution in [3.63, 3.8) is 0 Å². The second-order valence-electron chi connectivity index (χ2n) is 4.94. The number of nitrogens with zero attached hydrogens (tertiary/aromatic N) is 1. The molecular formula is C13H20F3NS. The first kappa shape index (κ1) is 15.3. The van der Waals surface area contributed by atoms with Gasteiger partial charge in [-0.15, -0.1) is 0 Å². The molecule has 104 valence electrons. The third-order valence-corrected chi connectivity index (χ3v) is 6.88. The monoisotopic (exact) mass is 279 g/mol. The zero-order valence-electron chi connectivity index (χ0n) is 11.2. The highest BCUT2D eigenvalue weighted by atomic mass is 32.3. The minimum atomic E-state index is -4.35. The molecule has 0 spiro atoms. The van der Waals surface area contributed by atoms with Gasteiger partial charge in [-0.2, -0.15) is 13.2 Å². The molecule has 1 aromatic rings. The van der Waals surface area contributed by atoms with E-state index in [0.29, 0.717) is 0 Å². The second-order valence-corrected chi connectivity index (χ2v) is 9.31. The number of hydrogen-bond donors (Lipinski definition) is 0. The summed E-state index contributed by atoms with van der Waals surface area (Å²) in [5, 5.41) is 0.271. The molecule has 0 aliphatic carbocycles. The molecule has 18 heavy (non-hydrogen) atoms. The minimum absolute atomic E-state index is 0.271. The number of rotatable bonds is 4. The number of halogens is 3. The molecule has 1 heterocycles. The molecule has 0 bridgehead atoms. The molecule has 1 aromatic heterocycles. The van der Waals surface area contributed by atoms with Gasteiger partial charge < -0.3 is 0 Å². The van der Waals surface area contributed by atoms with Gasteiger partial charge in [0.2, 0.25) is 0 Å². The summed E-state index contributed by atoms with van der Waals surface area (Å²) in [5.74, 6) is 1.12. The van der Waals surface area contributed by atoms with Gasteiger partial charge in [-0.1, -0.05) is 19.9 Å². The number of hydrogen-bond acceptors (Lipinski definition) is 1. The quantitative estimate of drug-likeness (QED) is 0.782. The van der Waals surface area contributed by atoms with Gasteiger partial charge in [-0.3, -0.25) is 4.98 Å². The standard InChI is InChI=1S/C13H20F3NS/c1-5-8-18(3,4)10(2)11-6-7-12(17-9-11)13(14,15)16/h6-7,9-10H,5,8H2,1-4H3. The summed E-state index contributed by atoms with van der Waals surface area (Å²) in [4.78, 5) is 3.53. The first-order chi connectivity index (χ1) is 8.18. The Hall–Kier alpha value is -0.710. The Balaban J connectivity index is 2.92. The normalized spacial score (nSPS) is 15.5. The zero-order valence-corrected chi connectivity index (χ0v) is 12.0. The second kappa shape index (κ2) is 5.51. The molecule has 0 aliphatic heterocycles. The van der Waals surface area contributed by atoms with Crippen LogP contribution in [0.1, 0.15) is 36.8 Å². The summed E-state index contributed by atoms with van der Waals surface area (Å²) in [6.45, 7) is 4.21. The van der Waals surface area contributed by atoms with Crippen molar-refractivity contribution in [2.75, 3.05) is 18.3 Å². The molecule has 1 nitrogen and oxygen atoms in total. The molecule has 0 saturated carbocycles. The first-order valence-electron chi connectivity index (χ1n) is 5.91. The lowest BCUT2D eigenvalue weighted by Gasteiger charge is -2.38. The van der Waals surface area contributed by atoms with Crippen molar-refractivity contribution in [3.8, 4) is 0 Å². The molecule has 0 radical (unpaired) electrons. The first-order valence-corrected chi connectivity index (χ1v) is 8.59. The van der Waals surface area contributed by atoms with Crippen molar-refractivity contribution in [2.24, 2.45) is 0 Å². The maximum atomic E-state index is 12.4. The van der Waals surface area contributed by atoms with Gasteiger partial charge in [0.05, 0.1) is 0 Å². The van der Waals surface area contributed by atoms with Gasteiger partial charge in [0.15, 0.2) is 0 Å². The van der Waals surface area contributed by atoms with Gasteiger partial charge >= 0.3 is 6.18 Å². The lowest BCUT2D eigenvalue weighted by atomic mass is 10.2. The molecule has 0 aromatic carbocycles. The predicted octanol–water partition coefficient (Wildman–Crippen LogP) is 4.64. The predicted molar refractivity (Wildman–Crippen MR) is 72.3 cm³/mol. The highest BCUT2D eigenvalue weighted by Gasteiger charge is 2.32. The summed E-state index contributed by atoms with van der Waals surface area (Å²) in [6.07, 6.45) is 2.56. The smallest absolute Gasteiger partial charge is 0.251 e. The summed E-state index contributed by atoms with van der Waals surface area (Å²) >= 11 is 0. The Bertz CT molecular complexity index is 384. The third-order valence-electron chi connectivity index (χ3n) is 3.23. The highest BCUT2D eigenvalue weighted by Crippen LogP contribution is 2.54. The molecule has 1 rings (SSSR count). The largest absolute Gasteiger partial charge is 0.433 e. The zero-order chi connectivity index (χ0) is 14.0. The topological polar surface area (TPSA) is 12.9 Å². The van der Waals surface area contributed by atoms with Crippen molar-refractivity contribution in [2.45, 2.75) is 31.7 Å². The minimum Gasteiger partial charge on any atom is -0.251 e. The van der Waals surface area contributed by atoms with E-state index in [4.69, 9.17) is 0 Å². The summed E-state index contributed by atoms with van der Waals surface area (Å²) in [7, 11) is -0.833. The van der Waals surface area contributed by atoms with Gasteiger partial charge in [0, 0.05) is 11.4 Å². The Morgan fingerprint density at radius 3 is 2.28 bits per heavy atom. The van der Waals surface area contributed by atoms with Crippen molar-refractivity contribution in [1.82, 2.24) is 4.98 Å². The van der Waals surface area contributed by atoms with Crippen LogP contribution >= 0.6 is 10.0 Å². The summed E-state index contributed by atoms with van der Waals surface area (Å²) in [6, 6.07) is 2.64. The Kier molecular flexibility index (Phi) is 4.70. The van der Waals surface area contributed by atoms with Crippen LogP contribution < -0.4 is 0 Å². The Morgan fingerprint density at radius 1 is 1.28 bits per heavy atom. The van der Waals surface area contributed by atoms with Crippen LogP contribution in [0.2, 0.25) is 0 Å². The van der Waals surface area contributed by atoms with E-state index >= 15 is 0 Å². The van der Waals surface area contributed by atoms with E-state index in [2.05, 4.69) is 31.3 Å². The fourth-order valence-corrected chi connectivity index (χ4v) is 4.17. The lowest BCUT2D eigenvalue weighted by molar-refractivity contribution is -0.141. The van der Waals surface area contributed by atoms with Gasteiger partial charge in [-0.25, -0.2) is 10.0 Å². The van der Waals surface area contributed by atoms with Crippen LogP contribution in [0.25, 0.3) is 0 Å². The molecule has 0 aliphatic rings. The maximum absolute atomic E-state index is 12.4. The third kappa shape index (κ3) is 3.64. The van der Waals surface area contributed by atoms with Gasteiger partial charge in [-0.05, 0) is 36.3 Å². The number of pyridine rings is 1. The summed E-state index contributed by atoms with van der Waals surface area (Å²) in [5.41, 5.74) is 0.0817. The van der Waals surface area contributed by atoms with Crippen LogP contribution in [0.5, 0.6) is 0 Å². The summed E-state index contributed by atoms with van der Waals surface area (Å²) < 4.78 is 37.3. The van der Waals surface area contributed by atoms with E-state index in [0.717, 1.165) is 23.8 Å². The molecule has 0 fully saturated rings. The van der Waals surface area contributed by atoms with Crippen LogP contribution in [-0.2, 0) is 6.18 Å². The van der Waals surface area contributed by atoms with Crippen LogP contribution in [0, 0.1) is 0 Å². The fourth-order valence-electron chi connectivity index (χ4n) is 1.88. The van der Waals surface area contributed by atoms with Crippen molar-refractivity contribution >= 4 is 10.0 Å². The van der Waals surface area contributed by atoms with E-state index in [1.807, 2.05) is 0 Å². The average molecular weight is 279 g/mol. The van der Waals surface area contributed by atoms with Gasteiger partial charge in [0.25, 0.3) is 0 Å². The number of aromatic nitrogens is 1. The molecule has 1 atom stereocenters. The van der Waals surface area contributed by atoms with Crippen LogP contribution in [0.15, 0.2) is 18.3 Å². The van der Waals surface area contributed by atoms with Crippen molar-refractivity contribution in [1.29, 1.82) is 0 Å². The van der Waals surface area contributed by atoms with Crippen LogP contribution in [-0.4, -0.2) is 23.2 Å². The molecule has 0 N–H and O–H groups in total. The van der Waals surface area contributed by atoms with Crippen LogP contribution in [0.3, 0.4) is 0 Å². The number of alkyl halides is 3. The Morgan fingerprint density at radius 2 is 1.89 bits per heavy atom. The van der Waals surface area contributed by atoms with E-state index < -0.39 is 21.9 Å². The van der Waals surface area contributed by atoms with E-state index in [9.17, 15) is 13.2 Å². The molecular weight excluding hydrogens is 259 g/mol. The molecule has 0 saturated heterocycles.